The van der Waals surface area contributed by atoms with Crippen LogP contribution in [-0.4, -0.2) is 24.5 Å². The maximum absolute atomic E-state index is 11.9. The Balaban J connectivity index is 2.62. The van der Waals surface area contributed by atoms with Gasteiger partial charge >= 0.3 is 0 Å². The van der Waals surface area contributed by atoms with E-state index in [4.69, 9.17) is 0 Å². The summed E-state index contributed by atoms with van der Waals surface area (Å²) in [5, 5.41) is 6.07. The summed E-state index contributed by atoms with van der Waals surface area (Å²) in [6.07, 6.45) is 4.38. The maximum Gasteiger partial charge on any atom is 0.224 e. The number of nitrogens with one attached hydrogen (secondary N) is 2. The van der Waals surface area contributed by atoms with E-state index in [1.165, 1.54) is 0 Å². The fourth-order valence-corrected chi connectivity index (χ4v) is 1.73. The number of rotatable bonds is 6. The number of carbonyl (C=O) groups is 1. The Morgan fingerprint density at radius 3 is 2.59 bits per heavy atom. The number of amides is 1. The zero-order chi connectivity index (χ0) is 12.7. The minimum absolute atomic E-state index is 0.0177. The van der Waals surface area contributed by atoms with Crippen LogP contribution in [0.25, 0.3) is 0 Å². The van der Waals surface area contributed by atoms with Crippen molar-refractivity contribution in [2.75, 3.05) is 13.6 Å². The van der Waals surface area contributed by atoms with Crippen LogP contribution >= 0.6 is 0 Å². The fraction of sp³-hybridized carbons (Fsp3) is 0.538. The van der Waals surface area contributed by atoms with Crippen molar-refractivity contribution < 1.29 is 4.79 Å². The Hall–Kier alpha value is -1.42. The minimum Gasteiger partial charge on any atom is -0.349 e. The zero-order valence-electron chi connectivity index (χ0n) is 10.7. The van der Waals surface area contributed by atoms with Crippen LogP contribution in [0.2, 0.25) is 0 Å². The molecular formula is C13H21N3O. The topological polar surface area (TPSA) is 54.0 Å². The van der Waals surface area contributed by atoms with Crippen LogP contribution in [0.1, 0.15) is 31.9 Å². The molecule has 0 bridgehead atoms. The lowest BCUT2D eigenvalue weighted by Crippen LogP contribution is -2.36. The minimum atomic E-state index is -0.0177. The van der Waals surface area contributed by atoms with Crippen molar-refractivity contribution >= 4 is 5.91 Å². The van der Waals surface area contributed by atoms with Gasteiger partial charge < -0.3 is 10.6 Å². The first-order chi connectivity index (χ1) is 8.19. The summed E-state index contributed by atoms with van der Waals surface area (Å²) in [7, 11) is 1.85. The van der Waals surface area contributed by atoms with E-state index in [1.807, 2.05) is 26.1 Å². The van der Waals surface area contributed by atoms with Crippen LogP contribution in [-0.2, 0) is 4.79 Å². The molecule has 0 aromatic carbocycles. The molecule has 2 atom stereocenters. The summed E-state index contributed by atoms with van der Waals surface area (Å²) in [4.78, 5) is 15.9. The highest BCUT2D eigenvalue weighted by atomic mass is 16.1. The second-order valence-electron chi connectivity index (χ2n) is 4.21. The van der Waals surface area contributed by atoms with Crippen LogP contribution in [0, 0.1) is 5.92 Å². The number of nitrogens with zero attached hydrogens (tertiary/aromatic N) is 1. The van der Waals surface area contributed by atoms with E-state index in [9.17, 15) is 4.79 Å². The highest BCUT2D eigenvalue weighted by Gasteiger charge is 2.16. The molecule has 2 unspecified atom stereocenters. The van der Waals surface area contributed by atoms with Crippen molar-refractivity contribution in [2.45, 2.75) is 26.3 Å². The largest absolute Gasteiger partial charge is 0.349 e. The predicted molar refractivity (Wildman–Crippen MR) is 68.5 cm³/mol. The average Bonchev–Trinajstić information content (AvgIpc) is 2.37. The van der Waals surface area contributed by atoms with Gasteiger partial charge in [-0.2, -0.15) is 0 Å². The van der Waals surface area contributed by atoms with Gasteiger partial charge in [0.15, 0.2) is 0 Å². The molecule has 0 aliphatic carbocycles. The lowest BCUT2D eigenvalue weighted by atomic mass is 10.0. The highest BCUT2D eigenvalue weighted by molar-refractivity contribution is 5.79. The second-order valence-corrected chi connectivity index (χ2v) is 4.21. The van der Waals surface area contributed by atoms with Gasteiger partial charge in [0.05, 0.1) is 6.04 Å². The molecule has 0 spiro atoms. The summed E-state index contributed by atoms with van der Waals surface area (Å²) in [6.45, 7) is 4.68. The van der Waals surface area contributed by atoms with Gasteiger partial charge in [0.25, 0.3) is 0 Å². The third-order valence-electron chi connectivity index (χ3n) is 2.79. The molecule has 1 amide bonds. The van der Waals surface area contributed by atoms with Crippen molar-refractivity contribution in [3.8, 4) is 0 Å². The molecule has 1 aromatic heterocycles. The molecule has 0 radical (unpaired) electrons. The normalized spacial score (nSPS) is 14.1. The van der Waals surface area contributed by atoms with Crippen LogP contribution < -0.4 is 10.6 Å². The summed E-state index contributed by atoms with van der Waals surface area (Å²) in [5.41, 5.74) is 1.10. The smallest absolute Gasteiger partial charge is 0.224 e. The third kappa shape index (κ3) is 4.15. The van der Waals surface area contributed by atoms with Gasteiger partial charge in [0.1, 0.15) is 0 Å². The van der Waals surface area contributed by atoms with Crippen molar-refractivity contribution in [2.24, 2.45) is 5.92 Å². The molecule has 17 heavy (non-hydrogen) atoms. The molecule has 0 fully saturated rings. The van der Waals surface area contributed by atoms with Crippen molar-refractivity contribution in [3.05, 3.63) is 30.1 Å². The number of carbonyl (C=O) groups excluding carboxylic acids is 1. The van der Waals surface area contributed by atoms with Gasteiger partial charge in [0.2, 0.25) is 5.91 Å². The van der Waals surface area contributed by atoms with Crippen LogP contribution in [0.5, 0.6) is 0 Å². The van der Waals surface area contributed by atoms with Crippen LogP contribution in [0.15, 0.2) is 24.5 Å². The predicted octanol–water partition coefficient (Wildman–Crippen LogP) is 1.50. The Morgan fingerprint density at radius 1 is 1.41 bits per heavy atom. The van der Waals surface area contributed by atoms with E-state index in [0.717, 1.165) is 12.0 Å². The summed E-state index contributed by atoms with van der Waals surface area (Å²) < 4.78 is 0. The lowest BCUT2D eigenvalue weighted by molar-refractivity contribution is -0.125. The van der Waals surface area contributed by atoms with E-state index in [0.29, 0.717) is 6.54 Å². The third-order valence-corrected chi connectivity index (χ3v) is 2.79. The lowest BCUT2D eigenvalue weighted by Gasteiger charge is -2.20. The molecule has 1 rings (SSSR count). The first-order valence-electron chi connectivity index (χ1n) is 6.04. The first kappa shape index (κ1) is 13.6. The van der Waals surface area contributed by atoms with E-state index < -0.39 is 0 Å². The number of hydrogen-bond acceptors (Lipinski definition) is 3. The molecule has 0 aliphatic heterocycles. The molecular weight excluding hydrogens is 214 g/mol. The van der Waals surface area contributed by atoms with E-state index in [2.05, 4.69) is 22.5 Å². The van der Waals surface area contributed by atoms with Crippen LogP contribution in [0.3, 0.4) is 0 Å². The molecule has 2 N–H and O–H groups in total. The summed E-state index contributed by atoms with van der Waals surface area (Å²) in [5.74, 6) is 0.0684. The molecule has 1 aromatic rings. The Morgan fingerprint density at radius 2 is 2.06 bits per heavy atom. The SMILES string of the molecule is CCC(NC(=O)C(C)CNC)c1ccncc1. The zero-order valence-corrected chi connectivity index (χ0v) is 10.7. The van der Waals surface area contributed by atoms with E-state index >= 15 is 0 Å². The van der Waals surface area contributed by atoms with Gasteiger partial charge in [-0.15, -0.1) is 0 Å². The second kappa shape index (κ2) is 7.01. The number of hydrogen-bond donors (Lipinski definition) is 2. The molecule has 0 saturated heterocycles. The Labute approximate surface area is 103 Å². The fourth-order valence-electron chi connectivity index (χ4n) is 1.73. The van der Waals surface area contributed by atoms with Crippen molar-refractivity contribution in [1.29, 1.82) is 0 Å². The summed E-state index contributed by atoms with van der Waals surface area (Å²) in [6, 6.07) is 3.96. The standard InChI is InChI=1S/C13H21N3O/c1-4-12(11-5-7-15-8-6-11)16-13(17)10(2)9-14-3/h5-8,10,12,14H,4,9H2,1-3H3,(H,16,17). The highest BCUT2D eigenvalue weighted by Crippen LogP contribution is 2.15. The summed E-state index contributed by atoms with van der Waals surface area (Å²) >= 11 is 0. The van der Waals surface area contributed by atoms with Gasteiger partial charge in [-0.25, -0.2) is 0 Å². The molecule has 94 valence electrons. The quantitative estimate of drug-likeness (QED) is 0.785. The monoisotopic (exact) mass is 235 g/mol. The molecule has 4 heteroatoms. The Bertz CT molecular complexity index is 340. The maximum atomic E-state index is 11.9. The van der Waals surface area contributed by atoms with Crippen molar-refractivity contribution in [1.82, 2.24) is 15.6 Å². The number of aromatic nitrogens is 1. The van der Waals surface area contributed by atoms with Gasteiger partial charge in [-0.3, -0.25) is 9.78 Å². The first-order valence-corrected chi connectivity index (χ1v) is 6.04. The Kier molecular flexibility index (Phi) is 5.63. The van der Waals surface area contributed by atoms with Gasteiger partial charge in [0, 0.05) is 24.9 Å². The van der Waals surface area contributed by atoms with Crippen molar-refractivity contribution in [3.63, 3.8) is 0 Å². The number of pyridine rings is 1. The van der Waals surface area contributed by atoms with E-state index in [-0.39, 0.29) is 17.9 Å². The molecule has 4 nitrogen and oxygen atoms in total. The van der Waals surface area contributed by atoms with Gasteiger partial charge in [-0.1, -0.05) is 13.8 Å². The molecule has 0 aliphatic rings. The molecule has 1 heterocycles. The molecule has 0 saturated carbocycles. The average molecular weight is 235 g/mol. The van der Waals surface area contributed by atoms with E-state index in [1.54, 1.807) is 12.4 Å². The van der Waals surface area contributed by atoms with Gasteiger partial charge in [-0.05, 0) is 31.2 Å². The van der Waals surface area contributed by atoms with Crippen LogP contribution in [0.4, 0.5) is 0 Å².